The smallest absolute Gasteiger partial charge is 0.0410 e. The lowest BCUT2D eigenvalue weighted by molar-refractivity contribution is 0.631. The molecule has 82 valence electrons. The molecule has 1 aliphatic heterocycles. The largest absolute Gasteiger partial charge is 0.385 e. The SMILES string of the molecule is Cc1cc(Cl)ccc1NCC1CCSC1. The number of anilines is 1. The fourth-order valence-electron chi connectivity index (χ4n) is 1.82. The predicted octanol–water partition coefficient (Wildman–Crippen LogP) is 3.81. The van der Waals surface area contributed by atoms with E-state index in [4.69, 9.17) is 11.6 Å². The highest BCUT2D eigenvalue weighted by Crippen LogP contribution is 2.25. The van der Waals surface area contributed by atoms with Crippen molar-refractivity contribution in [3.63, 3.8) is 0 Å². The summed E-state index contributed by atoms with van der Waals surface area (Å²) in [6, 6.07) is 6.02. The number of halogens is 1. The molecule has 1 atom stereocenters. The van der Waals surface area contributed by atoms with Crippen LogP contribution in [-0.4, -0.2) is 18.1 Å². The van der Waals surface area contributed by atoms with Crippen LogP contribution in [0.5, 0.6) is 0 Å². The van der Waals surface area contributed by atoms with Crippen LogP contribution in [-0.2, 0) is 0 Å². The molecule has 2 rings (SSSR count). The summed E-state index contributed by atoms with van der Waals surface area (Å²) in [5.74, 6) is 3.47. The minimum Gasteiger partial charge on any atom is -0.385 e. The number of hydrogen-bond acceptors (Lipinski definition) is 2. The van der Waals surface area contributed by atoms with Crippen LogP contribution in [0.3, 0.4) is 0 Å². The maximum atomic E-state index is 5.91. The monoisotopic (exact) mass is 241 g/mol. The Balaban J connectivity index is 1.92. The van der Waals surface area contributed by atoms with Gasteiger partial charge < -0.3 is 5.32 Å². The van der Waals surface area contributed by atoms with Gasteiger partial charge in [0.25, 0.3) is 0 Å². The third kappa shape index (κ3) is 3.05. The van der Waals surface area contributed by atoms with Crippen LogP contribution in [0.1, 0.15) is 12.0 Å². The summed E-state index contributed by atoms with van der Waals surface area (Å²) in [5, 5.41) is 4.32. The van der Waals surface area contributed by atoms with Gasteiger partial charge in [-0.05, 0) is 54.5 Å². The van der Waals surface area contributed by atoms with E-state index in [0.29, 0.717) is 0 Å². The van der Waals surface area contributed by atoms with E-state index in [2.05, 4.69) is 30.1 Å². The van der Waals surface area contributed by atoms with Crippen LogP contribution in [0.4, 0.5) is 5.69 Å². The van der Waals surface area contributed by atoms with Crippen molar-refractivity contribution in [2.24, 2.45) is 5.92 Å². The topological polar surface area (TPSA) is 12.0 Å². The lowest BCUT2D eigenvalue weighted by Gasteiger charge is -2.13. The quantitative estimate of drug-likeness (QED) is 0.864. The molecule has 1 aliphatic rings. The molecule has 0 aliphatic carbocycles. The molecule has 1 aromatic rings. The van der Waals surface area contributed by atoms with Crippen LogP contribution in [0.15, 0.2) is 18.2 Å². The summed E-state index contributed by atoms with van der Waals surface area (Å²) in [6.07, 6.45) is 1.35. The molecule has 1 heterocycles. The van der Waals surface area contributed by atoms with E-state index in [0.717, 1.165) is 17.5 Å². The van der Waals surface area contributed by atoms with Crippen molar-refractivity contribution in [3.05, 3.63) is 28.8 Å². The molecule has 1 unspecified atom stereocenters. The van der Waals surface area contributed by atoms with E-state index < -0.39 is 0 Å². The third-order valence-electron chi connectivity index (χ3n) is 2.79. The van der Waals surface area contributed by atoms with Gasteiger partial charge in [-0.3, -0.25) is 0 Å². The third-order valence-corrected chi connectivity index (χ3v) is 4.26. The van der Waals surface area contributed by atoms with E-state index >= 15 is 0 Å². The Morgan fingerprint density at radius 3 is 3.07 bits per heavy atom. The van der Waals surface area contributed by atoms with Crippen LogP contribution in [0, 0.1) is 12.8 Å². The number of hydrogen-bond donors (Lipinski definition) is 1. The van der Waals surface area contributed by atoms with Gasteiger partial charge >= 0.3 is 0 Å². The summed E-state index contributed by atoms with van der Waals surface area (Å²) in [6.45, 7) is 3.19. The van der Waals surface area contributed by atoms with Gasteiger partial charge in [0, 0.05) is 17.3 Å². The van der Waals surface area contributed by atoms with Gasteiger partial charge in [0.15, 0.2) is 0 Å². The molecule has 1 nitrogen and oxygen atoms in total. The van der Waals surface area contributed by atoms with Crippen LogP contribution < -0.4 is 5.32 Å². The van der Waals surface area contributed by atoms with E-state index in [1.54, 1.807) is 0 Å². The summed E-state index contributed by atoms with van der Waals surface area (Å²) >= 11 is 7.98. The summed E-state index contributed by atoms with van der Waals surface area (Å²) in [5.41, 5.74) is 2.45. The Morgan fingerprint density at radius 2 is 2.40 bits per heavy atom. The first-order chi connectivity index (χ1) is 7.25. The molecule has 0 amide bonds. The van der Waals surface area contributed by atoms with E-state index in [9.17, 15) is 0 Å². The highest BCUT2D eigenvalue weighted by Gasteiger charge is 2.14. The second-order valence-corrected chi connectivity index (χ2v) is 5.66. The lowest BCUT2D eigenvalue weighted by Crippen LogP contribution is -2.13. The molecule has 1 aromatic carbocycles. The Kier molecular flexibility index (Phi) is 3.81. The molecule has 0 spiro atoms. The van der Waals surface area contributed by atoms with Crippen LogP contribution in [0.2, 0.25) is 5.02 Å². The van der Waals surface area contributed by atoms with Crippen molar-refractivity contribution >= 4 is 29.1 Å². The lowest BCUT2D eigenvalue weighted by atomic mass is 10.1. The van der Waals surface area contributed by atoms with E-state index in [1.807, 2.05) is 12.1 Å². The molecular weight excluding hydrogens is 226 g/mol. The maximum Gasteiger partial charge on any atom is 0.0410 e. The molecule has 15 heavy (non-hydrogen) atoms. The zero-order chi connectivity index (χ0) is 10.7. The predicted molar refractivity (Wildman–Crippen MR) is 70.1 cm³/mol. The second kappa shape index (κ2) is 5.13. The number of nitrogens with one attached hydrogen (secondary N) is 1. The first kappa shape index (κ1) is 11.2. The first-order valence-corrected chi connectivity index (χ1v) is 6.87. The van der Waals surface area contributed by atoms with Gasteiger partial charge in [-0.25, -0.2) is 0 Å². The first-order valence-electron chi connectivity index (χ1n) is 5.33. The molecule has 0 saturated carbocycles. The fraction of sp³-hybridized carbons (Fsp3) is 0.500. The average Bonchev–Trinajstić information content (AvgIpc) is 2.69. The number of thioether (sulfide) groups is 1. The summed E-state index contributed by atoms with van der Waals surface area (Å²) < 4.78 is 0. The molecule has 1 saturated heterocycles. The van der Waals surface area contributed by atoms with Crippen molar-refractivity contribution < 1.29 is 0 Å². The van der Waals surface area contributed by atoms with Crippen LogP contribution in [0.25, 0.3) is 0 Å². The number of rotatable bonds is 3. The van der Waals surface area contributed by atoms with Gasteiger partial charge in [0.2, 0.25) is 0 Å². The molecule has 1 N–H and O–H groups in total. The van der Waals surface area contributed by atoms with Gasteiger partial charge in [-0.2, -0.15) is 11.8 Å². The Morgan fingerprint density at radius 1 is 1.53 bits per heavy atom. The standard InChI is InChI=1S/C12H16ClNS/c1-9-6-11(13)2-3-12(9)14-7-10-4-5-15-8-10/h2-3,6,10,14H,4-5,7-8H2,1H3. The molecule has 1 fully saturated rings. The van der Waals surface area contributed by atoms with E-state index in [1.165, 1.54) is 29.2 Å². The summed E-state index contributed by atoms with van der Waals surface area (Å²) in [4.78, 5) is 0. The van der Waals surface area contributed by atoms with Gasteiger partial charge in [0.05, 0.1) is 0 Å². The minimum absolute atomic E-state index is 0.814. The fourth-order valence-corrected chi connectivity index (χ4v) is 3.34. The van der Waals surface area contributed by atoms with Gasteiger partial charge in [-0.15, -0.1) is 0 Å². The number of benzene rings is 1. The normalized spacial score (nSPS) is 20.5. The molecular formula is C12H16ClNS. The number of aryl methyl sites for hydroxylation is 1. The van der Waals surface area contributed by atoms with Crippen molar-refractivity contribution in [1.82, 2.24) is 0 Å². The van der Waals surface area contributed by atoms with Crippen molar-refractivity contribution in [2.45, 2.75) is 13.3 Å². The summed E-state index contributed by atoms with van der Waals surface area (Å²) in [7, 11) is 0. The molecule has 3 heteroatoms. The highest BCUT2D eigenvalue weighted by molar-refractivity contribution is 7.99. The van der Waals surface area contributed by atoms with Crippen molar-refractivity contribution in [1.29, 1.82) is 0 Å². The molecule has 0 radical (unpaired) electrons. The Hall–Kier alpha value is -0.340. The van der Waals surface area contributed by atoms with Crippen molar-refractivity contribution in [3.8, 4) is 0 Å². The maximum absolute atomic E-state index is 5.91. The second-order valence-electron chi connectivity index (χ2n) is 4.07. The zero-order valence-corrected chi connectivity index (χ0v) is 10.5. The van der Waals surface area contributed by atoms with Gasteiger partial charge in [-0.1, -0.05) is 11.6 Å². The Labute approximate surface area is 101 Å². The zero-order valence-electron chi connectivity index (χ0n) is 8.92. The molecule has 0 aromatic heterocycles. The Bertz CT molecular complexity index is 334. The highest BCUT2D eigenvalue weighted by atomic mass is 35.5. The van der Waals surface area contributed by atoms with Crippen LogP contribution >= 0.6 is 23.4 Å². The van der Waals surface area contributed by atoms with Crippen molar-refractivity contribution in [2.75, 3.05) is 23.4 Å². The van der Waals surface area contributed by atoms with Gasteiger partial charge in [0.1, 0.15) is 0 Å². The van der Waals surface area contributed by atoms with E-state index in [-0.39, 0.29) is 0 Å². The minimum atomic E-state index is 0.814. The molecule has 0 bridgehead atoms. The average molecular weight is 242 g/mol.